The fraction of sp³-hybridized carbons (Fsp3) is 0.421. The number of rotatable bonds is 1. The molecule has 8 heteroatoms. The van der Waals surface area contributed by atoms with Crippen molar-refractivity contribution in [2.75, 3.05) is 5.32 Å². The average molecular weight is 376 g/mol. The lowest BCUT2D eigenvalue weighted by molar-refractivity contribution is -0.145. The number of nitrogens with one attached hydrogen (secondary N) is 1. The van der Waals surface area contributed by atoms with Crippen LogP contribution >= 0.6 is 0 Å². The van der Waals surface area contributed by atoms with Gasteiger partial charge in [0.2, 0.25) is 5.95 Å². The fourth-order valence-electron chi connectivity index (χ4n) is 3.79. The largest absolute Gasteiger partial charge is 0.453 e. The number of nitrogens with zero attached hydrogens (tertiary/aromatic N) is 3. The smallest absolute Gasteiger partial charge is 0.328 e. The van der Waals surface area contributed by atoms with Gasteiger partial charge in [-0.25, -0.2) is 4.68 Å². The normalized spacial score (nSPS) is 21.6. The van der Waals surface area contributed by atoms with Crippen LogP contribution in [0.1, 0.15) is 49.7 Å². The van der Waals surface area contributed by atoms with Gasteiger partial charge in [0.15, 0.2) is 5.78 Å². The van der Waals surface area contributed by atoms with Crippen molar-refractivity contribution in [3.63, 3.8) is 0 Å². The molecule has 5 nitrogen and oxygen atoms in total. The molecule has 1 aliphatic carbocycles. The van der Waals surface area contributed by atoms with Gasteiger partial charge < -0.3 is 5.32 Å². The number of Topliss-reactive ketones (excluding diaryl/α,β-unsaturated/α-hetero) is 1. The molecule has 2 aromatic rings. The molecule has 4 rings (SSSR count). The van der Waals surface area contributed by atoms with Gasteiger partial charge in [0.05, 0.1) is 0 Å². The molecule has 0 bridgehead atoms. The summed E-state index contributed by atoms with van der Waals surface area (Å²) in [5, 5.41) is 6.63. The van der Waals surface area contributed by atoms with E-state index in [1.807, 2.05) is 45.0 Å². The number of fused-ring (bicyclic) bond motifs is 1. The van der Waals surface area contributed by atoms with E-state index in [9.17, 15) is 18.0 Å². The molecule has 0 saturated heterocycles. The van der Waals surface area contributed by atoms with Crippen molar-refractivity contribution in [2.24, 2.45) is 5.41 Å². The summed E-state index contributed by atoms with van der Waals surface area (Å²) in [7, 11) is 0. The van der Waals surface area contributed by atoms with Gasteiger partial charge in [-0.2, -0.15) is 18.2 Å². The Morgan fingerprint density at radius 3 is 2.48 bits per heavy atom. The van der Waals surface area contributed by atoms with Crippen molar-refractivity contribution in [3.05, 3.63) is 52.5 Å². The van der Waals surface area contributed by atoms with E-state index in [2.05, 4.69) is 15.4 Å². The average Bonchev–Trinajstić information content (AvgIpc) is 2.96. The lowest BCUT2D eigenvalue weighted by atomic mass is 9.73. The molecule has 0 saturated carbocycles. The minimum atomic E-state index is -4.66. The van der Waals surface area contributed by atoms with Crippen LogP contribution in [0.25, 0.3) is 0 Å². The summed E-state index contributed by atoms with van der Waals surface area (Å²) < 4.78 is 40.7. The molecule has 1 aromatic heterocycles. The van der Waals surface area contributed by atoms with Crippen LogP contribution in [0.2, 0.25) is 0 Å². The number of allylic oxidation sites excluding steroid dienone is 2. The van der Waals surface area contributed by atoms with Crippen molar-refractivity contribution in [1.29, 1.82) is 0 Å². The molecule has 1 N–H and O–H groups in total. The Morgan fingerprint density at radius 1 is 1.19 bits per heavy atom. The van der Waals surface area contributed by atoms with E-state index in [1.54, 1.807) is 0 Å². The van der Waals surface area contributed by atoms with Crippen LogP contribution in [0.4, 0.5) is 19.1 Å². The third-order valence-electron chi connectivity index (χ3n) is 4.98. The van der Waals surface area contributed by atoms with Crippen LogP contribution in [0.15, 0.2) is 35.5 Å². The Balaban J connectivity index is 1.91. The minimum Gasteiger partial charge on any atom is -0.328 e. The van der Waals surface area contributed by atoms with E-state index >= 15 is 0 Å². The number of carbonyl (C=O) groups excluding carboxylic acids is 1. The Bertz CT molecular complexity index is 954. The first-order valence-corrected chi connectivity index (χ1v) is 8.69. The number of hydrogen-bond donors (Lipinski definition) is 1. The Morgan fingerprint density at radius 2 is 1.85 bits per heavy atom. The second-order valence-electron chi connectivity index (χ2n) is 7.97. The first-order valence-electron chi connectivity index (χ1n) is 8.69. The van der Waals surface area contributed by atoms with E-state index in [-0.39, 0.29) is 17.1 Å². The maximum atomic E-state index is 13.2. The van der Waals surface area contributed by atoms with Crippen LogP contribution in [0.3, 0.4) is 0 Å². The van der Waals surface area contributed by atoms with Gasteiger partial charge in [-0.3, -0.25) is 4.79 Å². The van der Waals surface area contributed by atoms with Crippen molar-refractivity contribution < 1.29 is 18.0 Å². The highest BCUT2D eigenvalue weighted by molar-refractivity contribution is 6.00. The molecule has 0 unspecified atom stereocenters. The van der Waals surface area contributed by atoms with Crippen molar-refractivity contribution in [3.8, 4) is 0 Å². The first kappa shape index (κ1) is 17.8. The molecule has 1 atom stereocenters. The maximum Gasteiger partial charge on any atom is 0.453 e. The Hall–Kier alpha value is -2.64. The monoisotopic (exact) mass is 376 g/mol. The topological polar surface area (TPSA) is 59.8 Å². The van der Waals surface area contributed by atoms with Crippen LogP contribution in [0.5, 0.6) is 0 Å². The second-order valence-corrected chi connectivity index (χ2v) is 7.97. The van der Waals surface area contributed by atoms with E-state index in [1.165, 1.54) is 4.68 Å². The lowest BCUT2D eigenvalue weighted by Gasteiger charge is -2.38. The quantitative estimate of drug-likeness (QED) is 0.808. The SMILES string of the molecule is Cc1ccc([C@H]2C3=C(CC(C)(C)CC3=O)Nc3nc(C(F)(F)F)nn32)cc1. The number of anilines is 1. The summed E-state index contributed by atoms with van der Waals surface area (Å²) in [4.78, 5) is 16.6. The number of hydrogen-bond acceptors (Lipinski definition) is 4. The van der Waals surface area contributed by atoms with Gasteiger partial charge >= 0.3 is 6.18 Å². The predicted molar refractivity (Wildman–Crippen MR) is 93.0 cm³/mol. The van der Waals surface area contributed by atoms with E-state index in [0.29, 0.717) is 29.7 Å². The first-order chi connectivity index (χ1) is 12.5. The summed E-state index contributed by atoms with van der Waals surface area (Å²) in [6.07, 6.45) is -3.76. The summed E-state index contributed by atoms with van der Waals surface area (Å²) in [5.74, 6) is -1.28. The minimum absolute atomic E-state index is 0.0113. The van der Waals surface area contributed by atoms with E-state index < -0.39 is 18.0 Å². The van der Waals surface area contributed by atoms with Gasteiger partial charge in [0.1, 0.15) is 6.04 Å². The molecule has 2 aliphatic rings. The molecular formula is C19H19F3N4O. The van der Waals surface area contributed by atoms with Gasteiger partial charge in [-0.1, -0.05) is 43.7 Å². The molecule has 142 valence electrons. The zero-order valence-corrected chi connectivity index (χ0v) is 15.2. The number of alkyl halides is 3. The molecule has 0 fully saturated rings. The van der Waals surface area contributed by atoms with Crippen LogP contribution in [-0.2, 0) is 11.0 Å². The lowest BCUT2D eigenvalue weighted by Crippen LogP contribution is -2.36. The maximum absolute atomic E-state index is 13.2. The summed E-state index contributed by atoms with van der Waals surface area (Å²) >= 11 is 0. The highest BCUT2D eigenvalue weighted by Gasteiger charge is 2.44. The van der Waals surface area contributed by atoms with Crippen molar-refractivity contribution in [2.45, 2.75) is 45.8 Å². The summed E-state index contributed by atoms with van der Waals surface area (Å²) in [5.41, 5.74) is 2.57. The fourth-order valence-corrected chi connectivity index (χ4v) is 3.79. The van der Waals surface area contributed by atoms with Crippen LogP contribution in [-0.4, -0.2) is 20.5 Å². The predicted octanol–water partition coefficient (Wildman–Crippen LogP) is 4.26. The van der Waals surface area contributed by atoms with Crippen molar-refractivity contribution >= 4 is 11.7 Å². The molecule has 0 radical (unpaired) electrons. The molecule has 0 amide bonds. The van der Waals surface area contributed by atoms with Gasteiger partial charge in [0, 0.05) is 17.7 Å². The highest BCUT2D eigenvalue weighted by atomic mass is 19.4. The van der Waals surface area contributed by atoms with Crippen LogP contribution < -0.4 is 5.32 Å². The Kier molecular flexibility index (Phi) is 3.73. The van der Waals surface area contributed by atoms with Gasteiger partial charge in [0.25, 0.3) is 5.82 Å². The molecule has 1 aliphatic heterocycles. The molecule has 1 aromatic carbocycles. The second kappa shape index (κ2) is 5.68. The molecule has 27 heavy (non-hydrogen) atoms. The number of carbonyl (C=O) groups is 1. The number of benzene rings is 1. The number of aromatic nitrogens is 3. The third-order valence-corrected chi connectivity index (χ3v) is 4.98. The zero-order chi connectivity index (χ0) is 19.6. The summed E-state index contributed by atoms with van der Waals surface area (Å²) in [6, 6.07) is 6.67. The molecule has 2 heterocycles. The summed E-state index contributed by atoms with van der Waals surface area (Å²) in [6.45, 7) is 5.86. The van der Waals surface area contributed by atoms with Crippen LogP contribution in [0, 0.1) is 12.3 Å². The Labute approximate surface area is 154 Å². The van der Waals surface area contributed by atoms with E-state index in [0.717, 1.165) is 5.56 Å². The number of aryl methyl sites for hydroxylation is 1. The van der Waals surface area contributed by atoms with Crippen molar-refractivity contribution in [1.82, 2.24) is 14.8 Å². The third kappa shape index (κ3) is 3.02. The van der Waals surface area contributed by atoms with Gasteiger partial charge in [-0.15, -0.1) is 5.10 Å². The molecule has 0 spiro atoms. The zero-order valence-electron chi connectivity index (χ0n) is 15.2. The number of halogens is 3. The number of ketones is 1. The van der Waals surface area contributed by atoms with Gasteiger partial charge in [-0.05, 0) is 24.3 Å². The highest BCUT2D eigenvalue weighted by Crippen LogP contribution is 2.45. The van der Waals surface area contributed by atoms with E-state index in [4.69, 9.17) is 0 Å². The molecular weight excluding hydrogens is 357 g/mol. The standard InChI is InChI=1S/C19H19F3N4O/c1-10-4-6-11(7-5-10)15-14-12(8-18(2,3)9-13(14)27)23-17-24-16(19(20,21)22)25-26(15)17/h4-7,15H,8-9H2,1-3H3,(H,23,24,25)/t15-/m0/s1.